The Balaban J connectivity index is 2.59. The van der Waals surface area contributed by atoms with Gasteiger partial charge in [-0.1, -0.05) is 6.58 Å². The smallest absolute Gasteiger partial charge is 0.450 e. The van der Waals surface area contributed by atoms with Gasteiger partial charge in [0.2, 0.25) is 5.82 Å². The number of hydrogen-bond acceptors (Lipinski definition) is 6. The molecule has 0 aromatic carbocycles. The molecule has 0 saturated carbocycles. The van der Waals surface area contributed by atoms with E-state index >= 15 is 0 Å². The zero-order valence-corrected chi connectivity index (χ0v) is 6.54. The van der Waals surface area contributed by atoms with Crippen molar-refractivity contribution in [2.24, 2.45) is 0 Å². The summed E-state index contributed by atoms with van der Waals surface area (Å²) < 4.78 is 4.19. The first-order valence-electron chi connectivity index (χ1n) is 3.27. The summed E-state index contributed by atoms with van der Waals surface area (Å²) in [7, 11) is 0. The van der Waals surface area contributed by atoms with Crippen molar-refractivity contribution in [2.45, 2.75) is 6.61 Å². The molecule has 1 aromatic heterocycles. The van der Waals surface area contributed by atoms with E-state index in [9.17, 15) is 4.79 Å². The number of rotatable bonds is 3. The fourth-order valence-electron chi connectivity index (χ4n) is 0.524. The highest BCUT2D eigenvalue weighted by Gasteiger charge is 2.02. The van der Waals surface area contributed by atoms with Crippen LogP contribution < -0.4 is 0 Å². The molecule has 0 unspecified atom stereocenters. The molecule has 0 atom stereocenters. The molecule has 0 fully saturated rings. The lowest BCUT2D eigenvalue weighted by atomic mass is 10.6. The molecular weight excluding hydrogens is 176 g/mol. The Bertz CT molecular complexity index is 310. The highest BCUT2D eigenvalue weighted by Crippen LogP contribution is 1.91. The molecule has 1 heterocycles. The first-order valence-corrected chi connectivity index (χ1v) is 3.27. The maximum Gasteiger partial charge on any atom is 0.506 e. The van der Waals surface area contributed by atoms with Gasteiger partial charge in [0.05, 0.1) is 0 Å². The molecule has 0 saturated heterocycles. The van der Waals surface area contributed by atoms with E-state index in [1.165, 1.54) is 6.08 Å². The third-order valence-corrected chi connectivity index (χ3v) is 1.04. The third-order valence-electron chi connectivity index (χ3n) is 1.04. The van der Waals surface area contributed by atoms with Gasteiger partial charge in [0, 0.05) is 0 Å². The van der Waals surface area contributed by atoms with Crippen LogP contribution in [0.2, 0.25) is 0 Å². The molecule has 0 aliphatic heterocycles. The van der Waals surface area contributed by atoms with Crippen molar-refractivity contribution in [2.75, 3.05) is 0 Å². The number of aromatic nitrogens is 4. The lowest BCUT2D eigenvalue weighted by Gasteiger charge is -1.96. The number of ether oxygens (including phenoxy) is 1. The van der Waals surface area contributed by atoms with Crippen LogP contribution in [-0.4, -0.2) is 31.7 Å². The molecule has 1 N–H and O–H groups in total. The summed E-state index contributed by atoms with van der Waals surface area (Å²) in [5.41, 5.74) is 0. The molecule has 0 bridgehead atoms. The van der Waals surface area contributed by atoms with Crippen LogP contribution in [0, 0.1) is 0 Å². The van der Waals surface area contributed by atoms with Gasteiger partial charge in [0.15, 0.2) is 12.4 Å². The van der Waals surface area contributed by atoms with Gasteiger partial charge in [-0.05, 0) is 6.08 Å². The fourth-order valence-corrected chi connectivity index (χ4v) is 0.524. The second-order valence-corrected chi connectivity index (χ2v) is 1.93. The monoisotopic (exact) mass is 182 g/mol. The molecule has 1 aromatic rings. The minimum atomic E-state index is -1.39. The lowest BCUT2D eigenvalue weighted by molar-refractivity contribution is 0.0824. The van der Waals surface area contributed by atoms with Crippen LogP contribution in [0.1, 0.15) is 11.6 Å². The standard InChI is InChI=1S/C6H6N4O3/c1-2-4-7-9-5(10-8-4)3-13-6(11)12/h2H,1,3H2,(H,11,12). The van der Waals surface area contributed by atoms with Crippen molar-refractivity contribution < 1.29 is 14.6 Å². The van der Waals surface area contributed by atoms with Crippen LogP contribution in [0.4, 0.5) is 4.79 Å². The van der Waals surface area contributed by atoms with Crippen LogP contribution >= 0.6 is 0 Å². The zero-order valence-electron chi connectivity index (χ0n) is 6.54. The summed E-state index contributed by atoms with van der Waals surface area (Å²) >= 11 is 0. The Kier molecular flexibility index (Phi) is 2.85. The van der Waals surface area contributed by atoms with Crippen molar-refractivity contribution in [1.29, 1.82) is 0 Å². The van der Waals surface area contributed by atoms with Gasteiger partial charge in [-0.15, -0.1) is 20.4 Å². The Morgan fingerprint density at radius 3 is 2.54 bits per heavy atom. The van der Waals surface area contributed by atoms with Gasteiger partial charge in [-0.3, -0.25) is 0 Å². The molecule has 7 nitrogen and oxygen atoms in total. The first kappa shape index (κ1) is 9.04. The van der Waals surface area contributed by atoms with E-state index in [2.05, 4.69) is 31.7 Å². The van der Waals surface area contributed by atoms with E-state index in [1.54, 1.807) is 0 Å². The number of carboxylic acid groups (broad SMARTS) is 1. The van der Waals surface area contributed by atoms with Gasteiger partial charge in [-0.2, -0.15) is 0 Å². The molecule has 68 valence electrons. The van der Waals surface area contributed by atoms with E-state index in [0.717, 1.165) is 0 Å². The molecular formula is C6H6N4O3. The highest BCUT2D eigenvalue weighted by atomic mass is 16.7. The Morgan fingerprint density at radius 1 is 1.46 bits per heavy atom. The Morgan fingerprint density at radius 2 is 2.08 bits per heavy atom. The fraction of sp³-hybridized carbons (Fsp3) is 0.167. The summed E-state index contributed by atoms with van der Waals surface area (Å²) in [4.78, 5) is 9.96. The summed E-state index contributed by atoms with van der Waals surface area (Å²) in [5, 5.41) is 22.3. The topological polar surface area (TPSA) is 98.1 Å². The Labute approximate surface area is 73.1 Å². The van der Waals surface area contributed by atoms with Crippen molar-refractivity contribution in [1.82, 2.24) is 20.4 Å². The minimum Gasteiger partial charge on any atom is -0.450 e. The van der Waals surface area contributed by atoms with Crippen LogP contribution in [0.5, 0.6) is 0 Å². The number of nitrogens with zero attached hydrogens (tertiary/aromatic N) is 4. The van der Waals surface area contributed by atoms with Gasteiger partial charge < -0.3 is 9.84 Å². The average molecular weight is 182 g/mol. The van der Waals surface area contributed by atoms with Crippen LogP contribution in [0.15, 0.2) is 6.58 Å². The molecule has 13 heavy (non-hydrogen) atoms. The van der Waals surface area contributed by atoms with E-state index in [1.807, 2.05) is 0 Å². The first-order chi connectivity index (χ1) is 6.22. The summed E-state index contributed by atoms with van der Waals surface area (Å²) in [5.74, 6) is 0.382. The van der Waals surface area contributed by atoms with Crippen molar-refractivity contribution >= 4 is 12.2 Å². The summed E-state index contributed by atoms with van der Waals surface area (Å²) in [6.07, 6.45) is -0.0154. The average Bonchev–Trinajstić information content (AvgIpc) is 2.15. The number of carbonyl (C=O) groups is 1. The molecule has 0 aliphatic rings. The maximum absolute atomic E-state index is 9.96. The predicted octanol–water partition coefficient (Wildman–Crippen LogP) is 0.104. The van der Waals surface area contributed by atoms with E-state index < -0.39 is 6.16 Å². The van der Waals surface area contributed by atoms with Crippen molar-refractivity contribution in [3.63, 3.8) is 0 Å². The predicted molar refractivity (Wildman–Crippen MR) is 40.5 cm³/mol. The van der Waals surface area contributed by atoms with Crippen LogP contribution in [-0.2, 0) is 11.3 Å². The molecule has 0 spiro atoms. The summed E-state index contributed by atoms with van der Waals surface area (Å²) in [6.45, 7) is 3.15. The third kappa shape index (κ3) is 2.81. The normalized spacial score (nSPS) is 9.23. The molecule has 0 radical (unpaired) electrons. The number of hydrogen-bond donors (Lipinski definition) is 1. The molecule has 0 amide bonds. The van der Waals surface area contributed by atoms with Crippen LogP contribution in [0.25, 0.3) is 6.08 Å². The molecule has 0 aliphatic carbocycles. The van der Waals surface area contributed by atoms with Crippen molar-refractivity contribution in [3.8, 4) is 0 Å². The van der Waals surface area contributed by atoms with Crippen molar-refractivity contribution in [3.05, 3.63) is 18.2 Å². The largest absolute Gasteiger partial charge is 0.506 e. The quantitative estimate of drug-likeness (QED) is 0.662. The van der Waals surface area contributed by atoms with Gasteiger partial charge >= 0.3 is 6.16 Å². The lowest BCUT2D eigenvalue weighted by Crippen LogP contribution is -2.07. The summed E-state index contributed by atoms with van der Waals surface area (Å²) in [6, 6.07) is 0. The Hall–Kier alpha value is -2.05. The highest BCUT2D eigenvalue weighted by molar-refractivity contribution is 5.56. The zero-order chi connectivity index (χ0) is 9.68. The second kappa shape index (κ2) is 4.10. The molecule has 1 rings (SSSR count). The maximum atomic E-state index is 9.96. The van der Waals surface area contributed by atoms with Gasteiger partial charge in [0.1, 0.15) is 0 Å². The second-order valence-electron chi connectivity index (χ2n) is 1.93. The minimum absolute atomic E-state index is 0.105. The van der Waals surface area contributed by atoms with Gasteiger partial charge in [-0.25, -0.2) is 4.79 Å². The van der Waals surface area contributed by atoms with E-state index in [4.69, 9.17) is 5.11 Å². The van der Waals surface area contributed by atoms with Crippen LogP contribution in [0.3, 0.4) is 0 Å². The van der Waals surface area contributed by atoms with Gasteiger partial charge in [0.25, 0.3) is 0 Å². The molecule has 7 heteroatoms. The van der Waals surface area contributed by atoms with E-state index in [-0.39, 0.29) is 18.3 Å². The van der Waals surface area contributed by atoms with E-state index in [0.29, 0.717) is 0 Å². The SMILES string of the molecule is C=Cc1nnc(COC(=O)O)nn1.